The third-order valence-electron chi connectivity index (χ3n) is 2.09. The second kappa shape index (κ2) is 4.33. The van der Waals surface area contributed by atoms with E-state index in [0.717, 1.165) is 15.6 Å². The monoisotopic (exact) mass is 284 g/mol. The quantitative estimate of drug-likeness (QED) is 0.698. The van der Waals surface area contributed by atoms with Crippen LogP contribution < -0.4 is 0 Å². The lowest BCUT2D eigenvalue weighted by molar-refractivity contribution is 0.628. The Kier molecular flexibility index (Phi) is 3.08. The van der Waals surface area contributed by atoms with Crippen molar-refractivity contribution in [2.24, 2.45) is 0 Å². The zero-order valence-corrected chi connectivity index (χ0v) is 10.0. The molecule has 0 heterocycles. The van der Waals surface area contributed by atoms with Crippen LogP contribution in [-0.4, -0.2) is 0 Å². The first-order chi connectivity index (χ1) is 7.16. The van der Waals surface area contributed by atoms with E-state index >= 15 is 0 Å². The highest BCUT2D eigenvalue weighted by molar-refractivity contribution is 9.10. The molecular formula is C12H7BrClF. The zero-order chi connectivity index (χ0) is 10.8. The highest BCUT2D eigenvalue weighted by Crippen LogP contribution is 2.30. The van der Waals surface area contributed by atoms with Crippen LogP contribution in [-0.2, 0) is 0 Å². The highest BCUT2D eigenvalue weighted by atomic mass is 79.9. The van der Waals surface area contributed by atoms with E-state index in [-0.39, 0.29) is 5.82 Å². The summed E-state index contributed by atoms with van der Waals surface area (Å²) in [6, 6.07) is 11.9. The molecule has 0 bridgehead atoms. The highest BCUT2D eigenvalue weighted by Gasteiger charge is 2.03. The van der Waals surface area contributed by atoms with E-state index < -0.39 is 0 Å². The maximum atomic E-state index is 12.7. The minimum atomic E-state index is -0.244. The number of hydrogen-bond acceptors (Lipinski definition) is 0. The second-order valence-corrected chi connectivity index (χ2v) is 4.45. The number of hydrogen-bond donors (Lipinski definition) is 0. The molecule has 0 fully saturated rings. The number of halogens is 3. The lowest BCUT2D eigenvalue weighted by Gasteiger charge is -2.04. The molecule has 0 radical (unpaired) electrons. The lowest BCUT2D eigenvalue weighted by atomic mass is 10.1. The molecule has 0 aromatic heterocycles. The van der Waals surface area contributed by atoms with E-state index in [1.54, 1.807) is 12.1 Å². The molecule has 0 aliphatic rings. The Morgan fingerprint density at radius 2 is 1.67 bits per heavy atom. The van der Waals surface area contributed by atoms with Crippen molar-refractivity contribution in [2.75, 3.05) is 0 Å². The van der Waals surface area contributed by atoms with Gasteiger partial charge in [-0.15, -0.1) is 0 Å². The summed E-state index contributed by atoms with van der Waals surface area (Å²) in [7, 11) is 0. The van der Waals surface area contributed by atoms with Crippen molar-refractivity contribution in [1.82, 2.24) is 0 Å². The SMILES string of the molecule is Fc1ccc(-c2ccc(Br)cc2Cl)cc1. The predicted octanol–water partition coefficient (Wildman–Crippen LogP) is 4.91. The summed E-state index contributed by atoms with van der Waals surface area (Å²) in [5.74, 6) is -0.244. The first-order valence-corrected chi connectivity index (χ1v) is 5.55. The van der Waals surface area contributed by atoms with Crippen molar-refractivity contribution in [1.29, 1.82) is 0 Å². The molecule has 0 nitrogen and oxygen atoms in total. The average molecular weight is 286 g/mol. The van der Waals surface area contributed by atoms with Gasteiger partial charge in [-0.1, -0.05) is 45.7 Å². The summed E-state index contributed by atoms with van der Waals surface area (Å²) in [5, 5.41) is 0.649. The Labute approximate surface area is 101 Å². The molecular weight excluding hydrogens is 278 g/mol. The van der Waals surface area contributed by atoms with Crippen molar-refractivity contribution >= 4 is 27.5 Å². The summed E-state index contributed by atoms with van der Waals surface area (Å²) in [6.45, 7) is 0. The van der Waals surface area contributed by atoms with Gasteiger partial charge in [0.05, 0.1) is 0 Å². The van der Waals surface area contributed by atoms with Crippen molar-refractivity contribution in [3.8, 4) is 11.1 Å². The van der Waals surface area contributed by atoms with Gasteiger partial charge in [0.25, 0.3) is 0 Å². The fourth-order valence-corrected chi connectivity index (χ4v) is 2.14. The second-order valence-electron chi connectivity index (χ2n) is 3.13. The predicted molar refractivity (Wildman–Crippen MR) is 64.5 cm³/mol. The van der Waals surface area contributed by atoms with E-state index in [1.165, 1.54) is 12.1 Å². The molecule has 0 N–H and O–H groups in total. The Morgan fingerprint density at radius 3 is 2.27 bits per heavy atom. The van der Waals surface area contributed by atoms with Gasteiger partial charge in [-0.25, -0.2) is 4.39 Å². The minimum absolute atomic E-state index is 0.244. The molecule has 2 aromatic carbocycles. The molecule has 3 heteroatoms. The molecule has 0 saturated carbocycles. The molecule has 76 valence electrons. The van der Waals surface area contributed by atoms with E-state index in [2.05, 4.69) is 15.9 Å². The summed E-state index contributed by atoms with van der Waals surface area (Å²) in [4.78, 5) is 0. The lowest BCUT2D eigenvalue weighted by Crippen LogP contribution is -1.80. The maximum Gasteiger partial charge on any atom is 0.123 e. The van der Waals surface area contributed by atoms with Crippen LogP contribution in [0, 0.1) is 5.82 Å². The molecule has 0 amide bonds. The van der Waals surface area contributed by atoms with Gasteiger partial charge in [0, 0.05) is 15.1 Å². The van der Waals surface area contributed by atoms with Crippen LogP contribution in [0.1, 0.15) is 0 Å². The number of benzene rings is 2. The maximum absolute atomic E-state index is 12.7. The summed E-state index contributed by atoms with van der Waals surface area (Å²) in [6.07, 6.45) is 0. The van der Waals surface area contributed by atoms with E-state index in [9.17, 15) is 4.39 Å². The van der Waals surface area contributed by atoms with Gasteiger partial charge >= 0.3 is 0 Å². The largest absolute Gasteiger partial charge is 0.207 e. The van der Waals surface area contributed by atoms with Crippen LogP contribution in [0.25, 0.3) is 11.1 Å². The van der Waals surface area contributed by atoms with Crippen LogP contribution in [0.4, 0.5) is 4.39 Å². The Balaban J connectivity index is 2.49. The molecule has 0 spiro atoms. The van der Waals surface area contributed by atoms with Crippen LogP contribution >= 0.6 is 27.5 Å². The van der Waals surface area contributed by atoms with Crippen LogP contribution in [0.2, 0.25) is 5.02 Å². The first kappa shape index (κ1) is 10.7. The van der Waals surface area contributed by atoms with Gasteiger partial charge < -0.3 is 0 Å². The van der Waals surface area contributed by atoms with Crippen LogP contribution in [0.15, 0.2) is 46.9 Å². The van der Waals surface area contributed by atoms with Crippen molar-refractivity contribution in [3.63, 3.8) is 0 Å². The first-order valence-electron chi connectivity index (χ1n) is 4.38. The normalized spacial score (nSPS) is 10.3. The molecule has 0 saturated heterocycles. The third kappa shape index (κ3) is 2.39. The van der Waals surface area contributed by atoms with Crippen molar-refractivity contribution in [2.45, 2.75) is 0 Å². The fraction of sp³-hybridized carbons (Fsp3) is 0. The van der Waals surface area contributed by atoms with Gasteiger partial charge in [-0.2, -0.15) is 0 Å². The summed E-state index contributed by atoms with van der Waals surface area (Å²) in [5.41, 5.74) is 1.81. The van der Waals surface area contributed by atoms with Crippen LogP contribution in [0.3, 0.4) is 0 Å². The Hall–Kier alpha value is -0.860. The van der Waals surface area contributed by atoms with E-state index in [0.29, 0.717) is 5.02 Å². The van der Waals surface area contributed by atoms with Crippen molar-refractivity contribution in [3.05, 3.63) is 57.8 Å². The van der Waals surface area contributed by atoms with Gasteiger partial charge in [-0.05, 0) is 29.8 Å². The third-order valence-corrected chi connectivity index (χ3v) is 2.89. The molecule has 0 aliphatic carbocycles. The topological polar surface area (TPSA) is 0 Å². The minimum Gasteiger partial charge on any atom is -0.207 e. The molecule has 0 atom stereocenters. The average Bonchev–Trinajstić information content (AvgIpc) is 2.20. The Morgan fingerprint density at radius 1 is 1.00 bits per heavy atom. The molecule has 2 aromatic rings. The molecule has 0 unspecified atom stereocenters. The van der Waals surface area contributed by atoms with Crippen molar-refractivity contribution < 1.29 is 4.39 Å². The molecule has 0 aliphatic heterocycles. The van der Waals surface area contributed by atoms with Gasteiger partial charge in [0.2, 0.25) is 0 Å². The van der Waals surface area contributed by atoms with Crippen LogP contribution in [0.5, 0.6) is 0 Å². The standard InChI is InChI=1S/C12H7BrClF/c13-9-3-6-11(12(14)7-9)8-1-4-10(15)5-2-8/h1-7H. The fourth-order valence-electron chi connectivity index (χ4n) is 1.35. The zero-order valence-electron chi connectivity index (χ0n) is 7.68. The van der Waals surface area contributed by atoms with E-state index in [1.807, 2.05) is 18.2 Å². The van der Waals surface area contributed by atoms with Gasteiger partial charge in [0.15, 0.2) is 0 Å². The van der Waals surface area contributed by atoms with E-state index in [4.69, 9.17) is 11.6 Å². The smallest absolute Gasteiger partial charge is 0.123 e. The summed E-state index contributed by atoms with van der Waals surface area (Å²) < 4.78 is 13.7. The molecule has 15 heavy (non-hydrogen) atoms. The summed E-state index contributed by atoms with van der Waals surface area (Å²) >= 11 is 9.42. The number of rotatable bonds is 1. The van der Waals surface area contributed by atoms with Gasteiger partial charge in [-0.3, -0.25) is 0 Å². The molecule has 2 rings (SSSR count). The van der Waals surface area contributed by atoms with Gasteiger partial charge in [0.1, 0.15) is 5.82 Å². The Bertz CT molecular complexity index is 479.